The van der Waals surface area contributed by atoms with Crippen LogP contribution < -0.4 is 4.90 Å². The highest BCUT2D eigenvalue weighted by Gasteiger charge is 2.20. The first-order chi connectivity index (χ1) is 15.3. The molecule has 0 unspecified atom stereocenters. The van der Waals surface area contributed by atoms with E-state index in [4.69, 9.17) is 4.98 Å². The van der Waals surface area contributed by atoms with Crippen LogP contribution in [0.1, 0.15) is 35.1 Å². The number of hydrogen-bond acceptors (Lipinski definition) is 6. The van der Waals surface area contributed by atoms with Crippen LogP contribution in [0.5, 0.6) is 0 Å². The topological polar surface area (TPSA) is 63.9 Å². The SMILES string of the molecule is CC(=O)N(c1nc(CSc2nnc(C)n2-c2ccccc2C)cs1)c1ccc(C)cc1C. The zero-order chi connectivity index (χ0) is 22.8. The zero-order valence-corrected chi connectivity index (χ0v) is 20.4. The Hall–Kier alpha value is -2.97. The van der Waals surface area contributed by atoms with Gasteiger partial charge in [-0.15, -0.1) is 21.5 Å². The van der Waals surface area contributed by atoms with Gasteiger partial charge in [0.1, 0.15) is 5.82 Å². The van der Waals surface area contributed by atoms with E-state index in [1.807, 2.05) is 50.4 Å². The number of thioether (sulfide) groups is 1. The third-order valence-corrected chi connectivity index (χ3v) is 6.98. The molecule has 4 aromatic rings. The van der Waals surface area contributed by atoms with Gasteiger partial charge in [0.2, 0.25) is 5.91 Å². The Morgan fingerprint density at radius 1 is 1.06 bits per heavy atom. The van der Waals surface area contributed by atoms with Crippen LogP contribution in [0.2, 0.25) is 0 Å². The molecule has 0 aliphatic carbocycles. The number of carbonyl (C=O) groups excluding carboxylic acids is 1. The summed E-state index contributed by atoms with van der Waals surface area (Å²) in [7, 11) is 0. The van der Waals surface area contributed by atoms with Crippen LogP contribution in [0.4, 0.5) is 10.8 Å². The molecule has 8 heteroatoms. The molecule has 164 valence electrons. The van der Waals surface area contributed by atoms with Crippen LogP contribution in [0, 0.1) is 27.7 Å². The fourth-order valence-corrected chi connectivity index (χ4v) is 5.46. The van der Waals surface area contributed by atoms with Gasteiger partial charge >= 0.3 is 0 Å². The lowest BCUT2D eigenvalue weighted by Gasteiger charge is -2.20. The van der Waals surface area contributed by atoms with Gasteiger partial charge in [0, 0.05) is 18.1 Å². The second kappa shape index (κ2) is 9.26. The number of amides is 1. The van der Waals surface area contributed by atoms with E-state index in [9.17, 15) is 4.79 Å². The van der Waals surface area contributed by atoms with Gasteiger partial charge in [-0.05, 0) is 51.0 Å². The van der Waals surface area contributed by atoms with Crippen molar-refractivity contribution < 1.29 is 4.79 Å². The summed E-state index contributed by atoms with van der Waals surface area (Å²) in [5.41, 5.74) is 6.23. The summed E-state index contributed by atoms with van der Waals surface area (Å²) in [4.78, 5) is 18.9. The van der Waals surface area contributed by atoms with E-state index in [1.165, 1.54) is 22.5 Å². The summed E-state index contributed by atoms with van der Waals surface area (Å²) < 4.78 is 2.07. The summed E-state index contributed by atoms with van der Waals surface area (Å²) in [5, 5.41) is 12.2. The summed E-state index contributed by atoms with van der Waals surface area (Å²) in [6, 6.07) is 14.3. The lowest BCUT2D eigenvalue weighted by atomic mass is 10.1. The van der Waals surface area contributed by atoms with Crippen LogP contribution in [0.25, 0.3) is 5.69 Å². The van der Waals surface area contributed by atoms with Gasteiger partial charge in [0.25, 0.3) is 0 Å². The Kier molecular flexibility index (Phi) is 6.43. The van der Waals surface area contributed by atoms with Gasteiger partial charge < -0.3 is 0 Å². The lowest BCUT2D eigenvalue weighted by Crippen LogP contribution is -2.23. The molecule has 0 radical (unpaired) electrons. The summed E-state index contributed by atoms with van der Waals surface area (Å²) in [6.07, 6.45) is 0. The number of nitrogens with zero attached hydrogens (tertiary/aromatic N) is 5. The number of benzene rings is 2. The molecule has 0 saturated heterocycles. The number of aryl methyl sites for hydroxylation is 4. The quantitative estimate of drug-likeness (QED) is 0.331. The molecule has 0 spiro atoms. The molecule has 1 amide bonds. The average molecular weight is 464 g/mol. The molecule has 0 fully saturated rings. The number of anilines is 2. The van der Waals surface area contributed by atoms with Gasteiger partial charge in [-0.2, -0.15) is 0 Å². The molecule has 0 aliphatic heterocycles. The van der Waals surface area contributed by atoms with Crippen molar-refractivity contribution in [3.63, 3.8) is 0 Å². The van der Waals surface area contributed by atoms with Crippen molar-refractivity contribution in [3.8, 4) is 5.69 Å². The Bertz CT molecular complexity index is 1280. The molecule has 2 aromatic carbocycles. The predicted molar refractivity (Wildman–Crippen MR) is 131 cm³/mol. The van der Waals surface area contributed by atoms with E-state index in [-0.39, 0.29) is 5.91 Å². The predicted octanol–water partition coefficient (Wildman–Crippen LogP) is 5.93. The largest absolute Gasteiger partial charge is 0.274 e. The maximum absolute atomic E-state index is 12.5. The lowest BCUT2D eigenvalue weighted by molar-refractivity contribution is -0.115. The highest BCUT2D eigenvalue weighted by atomic mass is 32.2. The molecular weight excluding hydrogens is 438 g/mol. The van der Waals surface area contributed by atoms with Crippen LogP contribution >= 0.6 is 23.1 Å². The molecular formula is C24H25N5OS2. The van der Waals surface area contributed by atoms with Crippen LogP contribution in [0.3, 0.4) is 0 Å². The van der Waals surface area contributed by atoms with Crippen molar-refractivity contribution in [2.24, 2.45) is 0 Å². The molecule has 0 N–H and O–H groups in total. The van der Waals surface area contributed by atoms with Crippen molar-refractivity contribution in [3.05, 3.63) is 76.1 Å². The minimum Gasteiger partial charge on any atom is -0.274 e. The fourth-order valence-electron chi connectivity index (χ4n) is 3.60. The minimum absolute atomic E-state index is 0.0552. The van der Waals surface area contributed by atoms with Gasteiger partial charge in [-0.3, -0.25) is 14.3 Å². The molecule has 0 aliphatic rings. The maximum atomic E-state index is 12.5. The van der Waals surface area contributed by atoms with Crippen LogP contribution in [0.15, 0.2) is 53.0 Å². The summed E-state index contributed by atoms with van der Waals surface area (Å²) >= 11 is 3.06. The minimum atomic E-state index is -0.0552. The van der Waals surface area contributed by atoms with E-state index in [1.54, 1.807) is 23.6 Å². The Balaban J connectivity index is 1.57. The Morgan fingerprint density at radius 3 is 2.56 bits per heavy atom. The standard InChI is InChI=1S/C24H25N5OS2/c1-15-10-11-22(17(3)12-15)29(19(5)30)23-25-20(13-31-23)14-32-24-27-26-18(4)28(24)21-9-7-6-8-16(21)2/h6-13H,14H2,1-5H3. The Labute approximate surface area is 196 Å². The first-order valence-corrected chi connectivity index (χ1v) is 12.1. The van der Waals surface area contributed by atoms with Crippen LogP contribution in [-0.2, 0) is 10.5 Å². The molecule has 0 saturated carbocycles. The second-order valence-electron chi connectivity index (χ2n) is 7.71. The zero-order valence-electron chi connectivity index (χ0n) is 18.8. The highest BCUT2D eigenvalue weighted by Crippen LogP contribution is 2.33. The molecule has 2 aromatic heterocycles. The number of hydrogen-bond donors (Lipinski definition) is 0. The van der Waals surface area contributed by atoms with Crippen molar-refractivity contribution in [2.75, 3.05) is 4.90 Å². The molecule has 0 atom stereocenters. The number of carbonyl (C=O) groups is 1. The molecule has 2 heterocycles. The summed E-state index contributed by atoms with van der Waals surface area (Å²) in [6.45, 7) is 9.68. The van der Waals surface area contributed by atoms with E-state index >= 15 is 0 Å². The normalized spacial score (nSPS) is 11.0. The highest BCUT2D eigenvalue weighted by molar-refractivity contribution is 7.98. The van der Waals surface area contributed by atoms with Crippen molar-refractivity contribution >= 4 is 39.8 Å². The number of para-hydroxylation sites is 1. The third-order valence-electron chi connectivity index (χ3n) is 5.14. The van der Waals surface area contributed by atoms with E-state index in [0.29, 0.717) is 10.9 Å². The van der Waals surface area contributed by atoms with Gasteiger partial charge in [0.05, 0.1) is 17.1 Å². The number of rotatable bonds is 6. The first-order valence-electron chi connectivity index (χ1n) is 10.3. The van der Waals surface area contributed by atoms with Crippen molar-refractivity contribution in [2.45, 2.75) is 45.5 Å². The third kappa shape index (κ3) is 4.47. The van der Waals surface area contributed by atoms with Crippen LogP contribution in [-0.4, -0.2) is 25.7 Å². The van der Waals surface area contributed by atoms with Gasteiger partial charge in [-0.1, -0.05) is 47.7 Å². The van der Waals surface area contributed by atoms with Gasteiger partial charge in [-0.25, -0.2) is 4.98 Å². The Morgan fingerprint density at radius 2 is 1.84 bits per heavy atom. The molecule has 32 heavy (non-hydrogen) atoms. The summed E-state index contributed by atoms with van der Waals surface area (Å²) in [5.74, 6) is 1.43. The van der Waals surface area contributed by atoms with Crippen molar-refractivity contribution in [1.82, 2.24) is 19.7 Å². The number of aromatic nitrogens is 4. The molecule has 0 bridgehead atoms. The monoisotopic (exact) mass is 463 g/mol. The smallest absolute Gasteiger partial charge is 0.230 e. The fraction of sp³-hybridized carbons (Fsp3) is 0.250. The number of thiazole rings is 1. The van der Waals surface area contributed by atoms with Gasteiger partial charge in [0.15, 0.2) is 10.3 Å². The van der Waals surface area contributed by atoms with E-state index < -0.39 is 0 Å². The second-order valence-corrected chi connectivity index (χ2v) is 9.49. The average Bonchev–Trinajstić information content (AvgIpc) is 3.35. The maximum Gasteiger partial charge on any atom is 0.230 e. The van der Waals surface area contributed by atoms with E-state index in [2.05, 4.69) is 39.9 Å². The van der Waals surface area contributed by atoms with Crippen molar-refractivity contribution in [1.29, 1.82) is 0 Å². The molecule has 6 nitrogen and oxygen atoms in total. The van der Waals surface area contributed by atoms with E-state index in [0.717, 1.165) is 33.6 Å². The molecule has 4 rings (SSSR count). The first kappa shape index (κ1) is 22.2.